The normalized spacial score (nSPS) is 22.9. The van der Waals surface area contributed by atoms with E-state index in [1.54, 1.807) is 13.8 Å². The van der Waals surface area contributed by atoms with E-state index in [1.165, 1.54) is 0 Å². The molecule has 0 aliphatic heterocycles. The van der Waals surface area contributed by atoms with Gasteiger partial charge < -0.3 is 20.1 Å². The van der Waals surface area contributed by atoms with E-state index in [9.17, 15) is 9.59 Å². The summed E-state index contributed by atoms with van der Waals surface area (Å²) in [5.41, 5.74) is 0. The molecule has 0 aromatic carbocycles. The summed E-state index contributed by atoms with van der Waals surface area (Å²) in [5.74, 6) is 0. The summed E-state index contributed by atoms with van der Waals surface area (Å²) in [6.07, 6.45) is 1.78. The molecule has 0 heterocycles. The second-order valence-corrected chi connectivity index (χ2v) is 3.87. The van der Waals surface area contributed by atoms with Crippen molar-refractivity contribution in [1.82, 2.24) is 10.6 Å². The monoisotopic (exact) mass is 244 g/mol. The van der Waals surface area contributed by atoms with Gasteiger partial charge in [0.25, 0.3) is 0 Å². The van der Waals surface area contributed by atoms with Crippen molar-refractivity contribution in [3.63, 3.8) is 0 Å². The molecule has 1 rings (SSSR count). The molecule has 6 heteroatoms. The highest BCUT2D eigenvalue weighted by molar-refractivity contribution is 5.69. The first kappa shape index (κ1) is 13.6. The number of carbonyl (C=O) groups is 2. The van der Waals surface area contributed by atoms with Crippen LogP contribution in [-0.2, 0) is 9.47 Å². The van der Waals surface area contributed by atoms with Crippen LogP contribution in [-0.4, -0.2) is 37.5 Å². The van der Waals surface area contributed by atoms with Gasteiger partial charge in [0, 0.05) is 0 Å². The van der Waals surface area contributed by atoms with Gasteiger partial charge in [-0.1, -0.05) is 0 Å². The standard InChI is InChI=1S/C11H20N2O4/c1-3-16-10(14)12-8-6-5-7-9(8)13-11(15)17-4-2/h8-9H,3-7H2,1-2H3,(H,12,14)(H,13,15)/t8-,9-/m1/s1. The van der Waals surface area contributed by atoms with Crippen molar-refractivity contribution in [1.29, 1.82) is 0 Å². The maximum atomic E-state index is 11.3. The lowest BCUT2D eigenvalue weighted by molar-refractivity contribution is 0.138. The van der Waals surface area contributed by atoms with Gasteiger partial charge in [0.2, 0.25) is 0 Å². The van der Waals surface area contributed by atoms with Gasteiger partial charge in [-0.25, -0.2) is 9.59 Å². The van der Waals surface area contributed by atoms with Crippen LogP contribution < -0.4 is 10.6 Å². The summed E-state index contributed by atoms with van der Waals surface area (Å²) in [6.45, 7) is 4.19. The van der Waals surface area contributed by atoms with Crippen LogP contribution >= 0.6 is 0 Å². The third kappa shape index (κ3) is 4.50. The van der Waals surface area contributed by atoms with E-state index in [0.717, 1.165) is 19.3 Å². The van der Waals surface area contributed by atoms with Crippen molar-refractivity contribution in [2.24, 2.45) is 0 Å². The molecule has 1 aliphatic rings. The average molecular weight is 244 g/mol. The van der Waals surface area contributed by atoms with Crippen molar-refractivity contribution < 1.29 is 19.1 Å². The second-order valence-electron chi connectivity index (χ2n) is 3.87. The quantitative estimate of drug-likeness (QED) is 0.783. The Morgan fingerprint density at radius 3 is 1.76 bits per heavy atom. The number of alkyl carbamates (subject to hydrolysis) is 2. The molecule has 0 radical (unpaired) electrons. The van der Waals surface area contributed by atoms with Crippen LogP contribution in [0.1, 0.15) is 33.1 Å². The third-order valence-electron chi connectivity index (χ3n) is 2.67. The van der Waals surface area contributed by atoms with Crippen LogP contribution in [0.15, 0.2) is 0 Å². The van der Waals surface area contributed by atoms with Gasteiger partial charge >= 0.3 is 12.2 Å². The van der Waals surface area contributed by atoms with Crippen LogP contribution in [0.3, 0.4) is 0 Å². The molecular formula is C11H20N2O4. The van der Waals surface area contributed by atoms with Crippen LogP contribution in [0.4, 0.5) is 9.59 Å². The summed E-state index contributed by atoms with van der Waals surface area (Å²) in [5, 5.41) is 5.49. The topological polar surface area (TPSA) is 76.7 Å². The zero-order valence-corrected chi connectivity index (χ0v) is 10.3. The Morgan fingerprint density at radius 2 is 1.41 bits per heavy atom. The second kappa shape index (κ2) is 6.98. The molecule has 0 saturated heterocycles. The minimum absolute atomic E-state index is 0.0709. The summed E-state index contributed by atoms with van der Waals surface area (Å²) >= 11 is 0. The molecule has 98 valence electrons. The van der Waals surface area contributed by atoms with Gasteiger partial charge in [-0.15, -0.1) is 0 Å². The molecule has 0 aromatic heterocycles. The van der Waals surface area contributed by atoms with Gasteiger partial charge in [0.05, 0.1) is 25.3 Å². The van der Waals surface area contributed by atoms with E-state index in [0.29, 0.717) is 13.2 Å². The number of ether oxygens (including phenoxy) is 2. The average Bonchev–Trinajstić information content (AvgIpc) is 2.66. The molecule has 6 nitrogen and oxygen atoms in total. The number of hydrogen-bond acceptors (Lipinski definition) is 4. The number of amides is 2. The summed E-state index contributed by atoms with van der Waals surface area (Å²) < 4.78 is 9.62. The van der Waals surface area contributed by atoms with E-state index in [-0.39, 0.29) is 12.1 Å². The summed E-state index contributed by atoms with van der Waals surface area (Å²) in [6, 6.07) is -0.142. The largest absolute Gasteiger partial charge is 0.450 e. The third-order valence-corrected chi connectivity index (χ3v) is 2.67. The van der Waals surface area contributed by atoms with Crippen LogP contribution in [0.25, 0.3) is 0 Å². The molecular weight excluding hydrogens is 224 g/mol. The van der Waals surface area contributed by atoms with E-state index < -0.39 is 12.2 Å². The summed E-state index contributed by atoms with van der Waals surface area (Å²) in [7, 11) is 0. The first-order chi connectivity index (χ1) is 8.17. The van der Waals surface area contributed by atoms with Gasteiger partial charge in [-0.05, 0) is 33.1 Å². The molecule has 1 fully saturated rings. The zero-order chi connectivity index (χ0) is 12.7. The fraction of sp³-hybridized carbons (Fsp3) is 0.818. The lowest BCUT2D eigenvalue weighted by Gasteiger charge is -2.21. The van der Waals surface area contributed by atoms with Crippen molar-refractivity contribution in [3.8, 4) is 0 Å². The van der Waals surface area contributed by atoms with Crippen molar-refractivity contribution in [2.45, 2.75) is 45.2 Å². The van der Waals surface area contributed by atoms with E-state index in [2.05, 4.69) is 10.6 Å². The number of rotatable bonds is 4. The maximum Gasteiger partial charge on any atom is 0.407 e. The van der Waals surface area contributed by atoms with Crippen LogP contribution in [0, 0.1) is 0 Å². The Balaban J connectivity index is 2.38. The van der Waals surface area contributed by atoms with E-state index in [1.807, 2.05) is 0 Å². The Labute approximate surface area is 101 Å². The fourth-order valence-corrected chi connectivity index (χ4v) is 1.95. The van der Waals surface area contributed by atoms with Gasteiger partial charge in [0.1, 0.15) is 0 Å². The number of hydrogen-bond donors (Lipinski definition) is 2. The molecule has 2 amide bonds. The molecule has 0 aromatic rings. The molecule has 0 bridgehead atoms. The van der Waals surface area contributed by atoms with Crippen molar-refractivity contribution >= 4 is 12.2 Å². The first-order valence-corrected chi connectivity index (χ1v) is 6.04. The highest BCUT2D eigenvalue weighted by Gasteiger charge is 2.30. The Bertz CT molecular complexity index is 244. The molecule has 1 aliphatic carbocycles. The van der Waals surface area contributed by atoms with Crippen LogP contribution in [0.2, 0.25) is 0 Å². The molecule has 2 N–H and O–H groups in total. The van der Waals surface area contributed by atoms with Crippen LogP contribution in [0.5, 0.6) is 0 Å². The highest BCUT2D eigenvalue weighted by atomic mass is 16.6. The predicted molar refractivity (Wildman–Crippen MR) is 61.7 cm³/mol. The maximum absolute atomic E-state index is 11.3. The van der Waals surface area contributed by atoms with Gasteiger partial charge in [-0.2, -0.15) is 0 Å². The van der Waals surface area contributed by atoms with Gasteiger partial charge in [-0.3, -0.25) is 0 Å². The lowest BCUT2D eigenvalue weighted by atomic mass is 10.2. The van der Waals surface area contributed by atoms with Crippen molar-refractivity contribution in [2.75, 3.05) is 13.2 Å². The number of carbonyl (C=O) groups excluding carboxylic acids is 2. The SMILES string of the molecule is CCOC(=O)N[C@@H]1CCC[C@H]1NC(=O)OCC. The van der Waals surface area contributed by atoms with E-state index >= 15 is 0 Å². The van der Waals surface area contributed by atoms with E-state index in [4.69, 9.17) is 9.47 Å². The lowest BCUT2D eigenvalue weighted by Crippen LogP contribution is -2.48. The minimum Gasteiger partial charge on any atom is -0.450 e. The Hall–Kier alpha value is -1.46. The van der Waals surface area contributed by atoms with Gasteiger partial charge in [0.15, 0.2) is 0 Å². The van der Waals surface area contributed by atoms with Crippen molar-refractivity contribution in [3.05, 3.63) is 0 Å². The molecule has 17 heavy (non-hydrogen) atoms. The molecule has 1 saturated carbocycles. The summed E-state index contributed by atoms with van der Waals surface area (Å²) in [4.78, 5) is 22.6. The number of nitrogens with one attached hydrogen (secondary N) is 2. The Morgan fingerprint density at radius 1 is 1.00 bits per heavy atom. The smallest absolute Gasteiger partial charge is 0.407 e. The molecule has 0 spiro atoms. The zero-order valence-electron chi connectivity index (χ0n) is 10.3. The molecule has 0 unspecified atom stereocenters. The Kier molecular flexibility index (Phi) is 5.59. The molecule has 2 atom stereocenters. The highest BCUT2D eigenvalue weighted by Crippen LogP contribution is 2.19. The minimum atomic E-state index is -0.435. The fourth-order valence-electron chi connectivity index (χ4n) is 1.95. The predicted octanol–water partition coefficient (Wildman–Crippen LogP) is 1.40. The first-order valence-electron chi connectivity index (χ1n) is 6.04.